The summed E-state index contributed by atoms with van der Waals surface area (Å²) in [6, 6.07) is 0. The molecule has 9 nitrogen and oxygen atoms in total. The highest BCUT2D eigenvalue weighted by atomic mass is 31.2. The lowest BCUT2D eigenvalue weighted by atomic mass is 10.0. The number of esters is 2. The molecular weight excluding hydrogens is 665 g/mol. The molecule has 0 fully saturated rings. The van der Waals surface area contributed by atoms with E-state index in [9.17, 15) is 19.0 Å². The molecular formula is C41H82NO8P. The predicted molar refractivity (Wildman–Crippen MR) is 211 cm³/mol. The van der Waals surface area contributed by atoms with E-state index in [-0.39, 0.29) is 38.6 Å². The van der Waals surface area contributed by atoms with Crippen LogP contribution in [0.2, 0.25) is 0 Å². The molecule has 0 aliphatic rings. The maximum atomic E-state index is 12.5. The Kier molecular flexibility index (Phi) is 38.0. The number of hydrogen-bond donors (Lipinski definition) is 2. The summed E-state index contributed by atoms with van der Waals surface area (Å²) in [5.74, 6) is -0.814. The van der Waals surface area contributed by atoms with Crippen LogP contribution in [0, 0.1) is 0 Å². The quantitative estimate of drug-likeness (QED) is 0.0356. The van der Waals surface area contributed by atoms with E-state index in [2.05, 4.69) is 13.8 Å². The fourth-order valence-corrected chi connectivity index (χ4v) is 7.05. The van der Waals surface area contributed by atoms with E-state index in [0.717, 1.165) is 32.1 Å². The van der Waals surface area contributed by atoms with Crippen LogP contribution in [-0.2, 0) is 32.7 Å². The average Bonchev–Trinajstić information content (AvgIpc) is 3.11. The molecule has 0 spiro atoms. The molecule has 0 heterocycles. The second-order valence-corrected chi connectivity index (χ2v) is 16.0. The minimum absolute atomic E-state index is 0.0580. The number of unbranched alkanes of at least 4 members (excludes halogenated alkanes) is 28. The van der Waals surface area contributed by atoms with Crippen LogP contribution in [0.15, 0.2) is 0 Å². The molecule has 304 valence electrons. The van der Waals surface area contributed by atoms with E-state index in [1.165, 1.54) is 154 Å². The molecule has 2 atom stereocenters. The number of rotatable bonds is 41. The molecule has 0 rings (SSSR count). The summed E-state index contributed by atoms with van der Waals surface area (Å²) in [5.41, 5.74) is 5.34. The first kappa shape index (κ1) is 50.0. The van der Waals surface area contributed by atoms with Crippen LogP contribution in [0.5, 0.6) is 0 Å². The van der Waals surface area contributed by atoms with Gasteiger partial charge in [-0.2, -0.15) is 0 Å². The normalized spacial score (nSPS) is 13.3. The molecule has 0 aromatic heterocycles. The zero-order chi connectivity index (χ0) is 37.5. The standard InChI is InChI=1S/C41H82NO8P/c1-3-5-7-9-11-13-15-17-18-19-20-21-22-24-25-27-29-31-33-40(43)47-37-39(38-49-51(45,46)48-36-35-42)50-41(44)34-32-30-28-26-23-16-14-12-10-8-6-4-2/h39H,3-38,42H2,1-2H3,(H,45,46)/t39-/m1/s1. The largest absolute Gasteiger partial charge is 0.472 e. The fraction of sp³-hybridized carbons (Fsp3) is 0.951. The molecule has 0 bridgehead atoms. The molecule has 0 aliphatic heterocycles. The van der Waals surface area contributed by atoms with Gasteiger partial charge in [-0.3, -0.25) is 18.6 Å². The van der Waals surface area contributed by atoms with Gasteiger partial charge in [0, 0.05) is 19.4 Å². The first-order chi connectivity index (χ1) is 24.8. The first-order valence-corrected chi connectivity index (χ1v) is 23.0. The molecule has 0 aliphatic carbocycles. The number of hydrogen-bond acceptors (Lipinski definition) is 8. The average molecular weight is 748 g/mol. The Morgan fingerprint density at radius 2 is 0.843 bits per heavy atom. The summed E-state index contributed by atoms with van der Waals surface area (Å²) >= 11 is 0. The highest BCUT2D eigenvalue weighted by Crippen LogP contribution is 2.43. The van der Waals surface area contributed by atoms with Gasteiger partial charge in [0.25, 0.3) is 0 Å². The molecule has 0 radical (unpaired) electrons. The number of phosphoric acid groups is 1. The Morgan fingerprint density at radius 1 is 0.510 bits per heavy atom. The van der Waals surface area contributed by atoms with Gasteiger partial charge >= 0.3 is 19.8 Å². The van der Waals surface area contributed by atoms with Crippen LogP contribution in [0.1, 0.15) is 219 Å². The van der Waals surface area contributed by atoms with E-state index < -0.39 is 26.5 Å². The maximum Gasteiger partial charge on any atom is 0.472 e. The van der Waals surface area contributed by atoms with Crippen molar-refractivity contribution in [2.45, 2.75) is 225 Å². The van der Waals surface area contributed by atoms with E-state index in [4.69, 9.17) is 24.3 Å². The number of ether oxygens (including phenoxy) is 2. The Labute approximate surface area is 314 Å². The Hall–Kier alpha value is -0.990. The van der Waals surface area contributed by atoms with Gasteiger partial charge in [-0.25, -0.2) is 4.57 Å². The number of phosphoric ester groups is 1. The van der Waals surface area contributed by atoms with Gasteiger partial charge < -0.3 is 20.1 Å². The fourth-order valence-electron chi connectivity index (χ4n) is 6.28. The van der Waals surface area contributed by atoms with Crippen molar-refractivity contribution in [3.8, 4) is 0 Å². The summed E-state index contributed by atoms with van der Waals surface area (Å²) in [4.78, 5) is 34.8. The zero-order valence-corrected chi connectivity index (χ0v) is 34.3. The van der Waals surface area contributed by atoms with Crippen molar-refractivity contribution in [2.24, 2.45) is 5.73 Å². The lowest BCUT2D eigenvalue weighted by molar-refractivity contribution is -0.161. The van der Waals surface area contributed by atoms with Crippen LogP contribution >= 0.6 is 7.82 Å². The van der Waals surface area contributed by atoms with Crippen molar-refractivity contribution < 1.29 is 37.6 Å². The van der Waals surface area contributed by atoms with Crippen molar-refractivity contribution in [1.82, 2.24) is 0 Å². The van der Waals surface area contributed by atoms with Crippen LogP contribution in [0.25, 0.3) is 0 Å². The Morgan fingerprint density at radius 3 is 1.20 bits per heavy atom. The molecule has 1 unspecified atom stereocenters. The number of carbonyl (C=O) groups excluding carboxylic acids is 2. The minimum atomic E-state index is -4.36. The lowest BCUT2D eigenvalue weighted by Gasteiger charge is -2.19. The third-order valence-electron chi connectivity index (χ3n) is 9.49. The second-order valence-electron chi connectivity index (χ2n) is 14.6. The molecule has 0 aromatic carbocycles. The van der Waals surface area contributed by atoms with Crippen LogP contribution < -0.4 is 5.73 Å². The van der Waals surface area contributed by atoms with E-state index in [1.807, 2.05) is 0 Å². The maximum absolute atomic E-state index is 12.5. The molecule has 0 amide bonds. The SMILES string of the molecule is CCCCCCCCCCCCCCCCCCCCC(=O)OC[C@H](COP(=O)(O)OCCN)OC(=O)CCCCCCCCCCCCCC. The van der Waals surface area contributed by atoms with E-state index in [1.54, 1.807) is 0 Å². The second kappa shape index (κ2) is 38.7. The molecule has 10 heteroatoms. The van der Waals surface area contributed by atoms with Crippen molar-refractivity contribution in [1.29, 1.82) is 0 Å². The zero-order valence-electron chi connectivity index (χ0n) is 33.4. The van der Waals surface area contributed by atoms with Crippen molar-refractivity contribution in [2.75, 3.05) is 26.4 Å². The monoisotopic (exact) mass is 748 g/mol. The Balaban J connectivity index is 4.07. The topological polar surface area (TPSA) is 134 Å². The van der Waals surface area contributed by atoms with Crippen LogP contribution in [0.3, 0.4) is 0 Å². The van der Waals surface area contributed by atoms with Gasteiger partial charge in [0.15, 0.2) is 6.10 Å². The molecule has 51 heavy (non-hydrogen) atoms. The third kappa shape index (κ3) is 38.5. The molecule has 3 N–H and O–H groups in total. The summed E-state index contributed by atoms with van der Waals surface area (Å²) < 4.78 is 32.7. The highest BCUT2D eigenvalue weighted by Gasteiger charge is 2.26. The number of nitrogens with two attached hydrogens (primary N) is 1. The summed E-state index contributed by atoms with van der Waals surface area (Å²) in [7, 11) is -4.36. The highest BCUT2D eigenvalue weighted by molar-refractivity contribution is 7.47. The van der Waals surface area contributed by atoms with Crippen LogP contribution in [-0.4, -0.2) is 49.3 Å². The predicted octanol–water partition coefficient (Wildman–Crippen LogP) is 12.1. The van der Waals surface area contributed by atoms with Crippen molar-refractivity contribution in [3.63, 3.8) is 0 Å². The van der Waals surface area contributed by atoms with Gasteiger partial charge in [0.1, 0.15) is 6.61 Å². The van der Waals surface area contributed by atoms with Crippen LogP contribution in [0.4, 0.5) is 0 Å². The van der Waals surface area contributed by atoms with Gasteiger partial charge in [0.2, 0.25) is 0 Å². The van der Waals surface area contributed by atoms with Gasteiger partial charge in [-0.15, -0.1) is 0 Å². The third-order valence-corrected chi connectivity index (χ3v) is 10.5. The van der Waals surface area contributed by atoms with E-state index >= 15 is 0 Å². The van der Waals surface area contributed by atoms with Crippen molar-refractivity contribution >= 4 is 19.8 Å². The molecule has 0 aromatic rings. The lowest BCUT2D eigenvalue weighted by Crippen LogP contribution is -2.29. The first-order valence-electron chi connectivity index (χ1n) is 21.5. The smallest absolute Gasteiger partial charge is 0.462 e. The molecule has 0 saturated carbocycles. The summed E-state index contributed by atoms with van der Waals surface area (Å²) in [6.45, 7) is 3.76. The van der Waals surface area contributed by atoms with Crippen molar-refractivity contribution in [3.05, 3.63) is 0 Å². The van der Waals surface area contributed by atoms with E-state index in [0.29, 0.717) is 6.42 Å². The van der Waals surface area contributed by atoms with Gasteiger partial charge in [-0.1, -0.05) is 194 Å². The van der Waals surface area contributed by atoms with Gasteiger partial charge in [-0.05, 0) is 12.8 Å². The summed E-state index contributed by atoms with van der Waals surface area (Å²) in [5, 5.41) is 0. The minimum Gasteiger partial charge on any atom is -0.462 e. The molecule has 0 saturated heterocycles. The Bertz CT molecular complexity index is 815. The van der Waals surface area contributed by atoms with Gasteiger partial charge in [0.05, 0.1) is 13.2 Å². The summed E-state index contributed by atoms with van der Waals surface area (Å²) in [6.07, 6.45) is 37.0. The number of carbonyl (C=O) groups is 2.